The van der Waals surface area contributed by atoms with Crippen LogP contribution in [0, 0.1) is 5.92 Å². The number of hydrogen-bond donors (Lipinski definition) is 2. The molecule has 1 aliphatic carbocycles. The molecule has 180 valence electrons. The molecule has 0 spiro atoms. The first-order valence-electron chi connectivity index (χ1n) is 11.3. The maximum atomic E-state index is 12.9. The Morgan fingerprint density at radius 2 is 1.88 bits per heavy atom. The highest BCUT2D eigenvalue weighted by atomic mass is 16.5. The van der Waals surface area contributed by atoms with Gasteiger partial charge in [0, 0.05) is 29.7 Å². The van der Waals surface area contributed by atoms with E-state index in [4.69, 9.17) is 18.9 Å². The van der Waals surface area contributed by atoms with Crippen molar-refractivity contribution in [1.82, 2.24) is 10.6 Å². The molecule has 1 heterocycles. The van der Waals surface area contributed by atoms with Crippen molar-refractivity contribution in [3.8, 4) is 17.2 Å². The molecule has 8 nitrogen and oxygen atoms in total. The minimum absolute atomic E-state index is 0.0408. The predicted molar refractivity (Wildman–Crippen MR) is 127 cm³/mol. The van der Waals surface area contributed by atoms with Crippen molar-refractivity contribution < 1.29 is 28.5 Å². The van der Waals surface area contributed by atoms with Gasteiger partial charge in [-0.05, 0) is 43.5 Å². The fourth-order valence-electron chi connectivity index (χ4n) is 4.48. The van der Waals surface area contributed by atoms with Crippen LogP contribution in [0.3, 0.4) is 0 Å². The third-order valence-corrected chi connectivity index (χ3v) is 6.35. The van der Waals surface area contributed by atoms with Gasteiger partial charge in [-0.15, -0.1) is 0 Å². The average Bonchev–Trinajstić information content (AvgIpc) is 2.87. The third kappa shape index (κ3) is 5.11. The summed E-state index contributed by atoms with van der Waals surface area (Å²) in [6, 6.07) is 12.7. The second-order valence-corrected chi connectivity index (χ2v) is 8.39. The van der Waals surface area contributed by atoms with E-state index in [-0.39, 0.29) is 35.6 Å². The van der Waals surface area contributed by atoms with Crippen molar-refractivity contribution in [1.29, 1.82) is 0 Å². The SMILES string of the molecule is COc1ccc(CNC(=O)C2CCC3O/C(=C\c4ccccc4OC)C(=O)NC3C2)c(OC)c1. The average molecular weight is 467 g/mol. The van der Waals surface area contributed by atoms with Gasteiger partial charge in [-0.2, -0.15) is 0 Å². The van der Waals surface area contributed by atoms with Crippen LogP contribution in [0.5, 0.6) is 17.2 Å². The normalized spacial score (nSPS) is 22.7. The molecule has 3 atom stereocenters. The van der Waals surface area contributed by atoms with Crippen LogP contribution >= 0.6 is 0 Å². The van der Waals surface area contributed by atoms with E-state index in [1.807, 2.05) is 36.4 Å². The Bertz CT molecular complexity index is 1080. The molecule has 0 aromatic heterocycles. The largest absolute Gasteiger partial charge is 0.497 e. The van der Waals surface area contributed by atoms with Gasteiger partial charge >= 0.3 is 0 Å². The molecule has 34 heavy (non-hydrogen) atoms. The molecule has 3 unspecified atom stereocenters. The molecule has 0 radical (unpaired) electrons. The number of carbonyl (C=O) groups excluding carboxylic acids is 2. The standard InChI is InChI=1S/C26H30N2O6/c1-31-19-10-8-18(23(14-19)33-3)15-27-25(29)17-9-11-22-20(12-17)28-26(30)24(34-22)13-16-6-4-5-7-21(16)32-2/h4-8,10,13-14,17,20,22H,9,11-12,15H2,1-3H3,(H,27,29)(H,28,30)/b24-13-. The molecule has 1 aliphatic heterocycles. The fourth-order valence-corrected chi connectivity index (χ4v) is 4.48. The molecule has 2 aromatic carbocycles. The van der Waals surface area contributed by atoms with E-state index >= 15 is 0 Å². The summed E-state index contributed by atoms with van der Waals surface area (Å²) in [5, 5.41) is 6.03. The Hall–Kier alpha value is -3.68. The minimum atomic E-state index is -0.281. The van der Waals surface area contributed by atoms with Gasteiger partial charge in [-0.3, -0.25) is 9.59 Å². The Labute approximate surface area is 199 Å². The Morgan fingerprint density at radius 3 is 2.65 bits per heavy atom. The second kappa shape index (κ2) is 10.5. The summed E-state index contributed by atoms with van der Waals surface area (Å²) in [7, 11) is 4.77. The monoisotopic (exact) mass is 466 g/mol. The number of nitrogens with one attached hydrogen (secondary N) is 2. The van der Waals surface area contributed by atoms with E-state index in [0.29, 0.717) is 43.1 Å². The first-order valence-corrected chi connectivity index (χ1v) is 11.3. The molecule has 2 aromatic rings. The number of para-hydroxylation sites is 1. The Balaban J connectivity index is 1.36. The number of methoxy groups -OCH3 is 3. The van der Waals surface area contributed by atoms with Crippen molar-refractivity contribution in [3.63, 3.8) is 0 Å². The zero-order valence-corrected chi connectivity index (χ0v) is 19.6. The van der Waals surface area contributed by atoms with Gasteiger partial charge in [-0.25, -0.2) is 0 Å². The minimum Gasteiger partial charge on any atom is -0.497 e. The van der Waals surface area contributed by atoms with Crippen molar-refractivity contribution >= 4 is 17.9 Å². The lowest BCUT2D eigenvalue weighted by Crippen LogP contribution is -2.54. The molecule has 8 heteroatoms. The smallest absolute Gasteiger partial charge is 0.286 e. The summed E-state index contributed by atoms with van der Waals surface area (Å²) in [6.45, 7) is 0.352. The van der Waals surface area contributed by atoms with E-state index in [0.717, 1.165) is 11.1 Å². The van der Waals surface area contributed by atoms with Crippen LogP contribution in [-0.2, 0) is 20.9 Å². The van der Waals surface area contributed by atoms with Crippen LogP contribution < -0.4 is 24.8 Å². The summed E-state index contributed by atoms with van der Waals surface area (Å²) in [5.74, 6) is 1.76. The van der Waals surface area contributed by atoms with Crippen molar-refractivity contribution in [2.75, 3.05) is 21.3 Å². The van der Waals surface area contributed by atoms with Gasteiger partial charge in [0.25, 0.3) is 5.91 Å². The van der Waals surface area contributed by atoms with Gasteiger partial charge in [0.1, 0.15) is 23.4 Å². The predicted octanol–water partition coefficient (Wildman–Crippen LogP) is 3.05. The highest BCUT2D eigenvalue weighted by molar-refractivity contribution is 5.97. The number of benzene rings is 2. The Kier molecular flexibility index (Phi) is 7.25. The lowest BCUT2D eigenvalue weighted by molar-refractivity contribution is -0.134. The van der Waals surface area contributed by atoms with Gasteiger partial charge in [-0.1, -0.05) is 18.2 Å². The molecule has 2 fully saturated rings. The highest BCUT2D eigenvalue weighted by Crippen LogP contribution is 2.33. The van der Waals surface area contributed by atoms with Crippen LogP contribution in [0.25, 0.3) is 6.08 Å². The van der Waals surface area contributed by atoms with Crippen LogP contribution in [0.2, 0.25) is 0 Å². The van der Waals surface area contributed by atoms with Crippen LogP contribution in [-0.4, -0.2) is 45.3 Å². The number of hydrogen-bond acceptors (Lipinski definition) is 6. The summed E-state index contributed by atoms with van der Waals surface area (Å²) in [6.07, 6.45) is 3.43. The maximum Gasteiger partial charge on any atom is 0.286 e. The van der Waals surface area contributed by atoms with E-state index in [1.54, 1.807) is 33.5 Å². The molecule has 2 amide bonds. The number of morpholine rings is 1. The number of fused-ring (bicyclic) bond motifs is 1. The van der Waals surface area contributed by atoms with Crippen LogP contribution in [0.4, 0.5) is 0 Å². The van der Waals surface area contributed by atoms with Gasteiger partial charge < -0.3 is 29.6 Å². The number of amides is 2. The molecule has 1 saturated carbocycles. The topological polar surface area (TPSA) is 95.1 Å². The number of ether oxygens (including phenoxy) is 4. The highest BCUT2D eigenvalue weighted by Gasteiger charge is 2.40. The van der Waals surface area contributed by atoms with Crippen molar-refractivity contribution in [2.45, 2.75) is 38.0 Å². The first-order chi connectivity index (χ1) is 16.5. The van der Waals surface area contributed by atoms with Crippen LogP contribution in [0.1, 0.15) is 30.4 Å². The van der Waals surface area contributed by atoms with E-state index < -0.39 is 0 Å². The fraction of sp³-hybridized carbons (Fsp3) is 0.385. The van der Waals surface area contributed by atoms with Crippen molar-refractivity contribution in [3.05, 3.63) is 59.4 Å². The molecular formula is C26H30N2O6. The molecule has 4 rings (SSSR count). The second-order valence-electron chi connectivity index (χ2n) is 8.39. The maximum absolute atomic E-state index is 12.9. The van der Waals surface area contributed by atoms with Crippen LogP contribution in [0.15, 0.2) is 48.2 Å². The van der Waals surface area contributed by atoms with Crippen molar-refractivity contribution in [2.24, 2.45) is 5.92 Å². The molecule has 0 bridgehead atoms. The summed E-state index contributed by atoms with van der Waals surface area (Å²) < 4.78 is 22.0. The van der Waals surface area contributed by atoms with Gasteiger partial charge in [0.2, 0.25) is 5.91 Å². The van der Waals surface area contributed by atoms with E-state index in [2.05, 4.69) is 10.6 Å². The first kappa shape index (κ1) is 23.5. The number of carbonyl (C=O) groups is 2. The summed E-state index contributed by atoms with van der Waals surface area (Å²) in [4.78, 5) is 25.6. The Morgan fingerprint density at radius 1 is 1.09 bits per heavy atom. The van der Waals surface area contributed by atoms with Gasteiger partial charge in [0.15, 0.2) is 5.76 Å². The third-order valence-electron chi connectivity index (χ3n) is 6.35. The lowest BCUT2D eigenvalue weighted by atomic mass is 9.82. The zero-order valence-electron chi connectivity index (χ0n) is 19.6. The molecule has 1 saturated heterocycles. The molecule has 2 N–H and O–H groups in total. The summed E-state index contributed by atoms with van der Waals surface area (Å²) in [5.41, 5.74) is 1.64. The lowest BCUT2D eigenvalue weighted by Gasteiger charge is -2.39. The number of rotatable bonds is 7. The zero-order chi connectivity index (χ0) is 24.1. The molecule has 2 aliphatic rings. The van der Waals surface area contributed by atoms with E-state index in [1.165, 1.54) is 0 Å². The van der Waals surface area contributed by atoms with E-state index in [9.17, 15) is 9.59 Å². The molecular weight excluding hydrogens is 436 g/mol. The van der Waals surface area contributed by atoms with Gasteiger partial charge in [0.05, 0.1) is 27.4 Å². The quantitative estimate of drug-likeness (QED) is 0.609. The summed E-state index contributed by atoms with van der Waals surface area (Å²) >= 11 is 0.